The molecule has 1 saturated heterocycles. The molecule has 1 radical (unpaired) electrons. The molecule has 0 amide bonds. The van der Waals surface area contributed by atoms with Crippen LogP contribution >= 0.6 is 0 Å². The third-order valence-electron chi connectivity index (χ3n) is 3.38. The molecule has 1 aliphatic rings. The number of nitrogens with zero attached hydrogens (tertiary/aromatic N) is 4. The second-order valence-corrected chi connectivity index (χ2v) is 5.72. The summed E-state index contributed by atoms with van der Waals surface area (Å²) >= 11 is 3.02. The number of piperidine rings is 1. The quantitative estimate of drug-likeness (QED) is 0.362. The van der Waals surface area contributed by atoms with Gasteiger partial charge in [-0.25, -0.2) is 0 Å². The summed E-state index contributed by atoms with van der Waals surface area (Å²) in [5, 5.41) is 8.54. The van der Waals surface area contributed by atoms with E-state index in [0.717, 1.165) is 35.1 Å². The third-order valence-corrected chi connectivity index (χ3v) is 4.09. The molecule has 1 fully saturated rings. The fraction of sp³-hybridized carbons (Fsp3) is 0.500. The molecule has 5 heteroatoms. The van der Waals surface area contributed by atoms with E-state index in [1.807, 2.05) is 25.1 Å². The van der Waals surface area contributed by atoms with Crippen LogP contribution < -0.4 is 0 Å². The predicted molar refractivity (Wildman–Crippen MR) is 79.6 cm³/mol. The molecule has 2 heterocycles. The molecule has 0 spiro atoms. The van der Waals surface area contributed by atoms with E-state index in [1.165, 1.54) is 12.8 Å². The van der Waals surface area contributed by atoms with Crippen LogP contribution in [0.4, 0.5) is 0 Å². The molecule has 0 bridgehead atoms. The van der Waals surface area contributed by atoms with Crippen molar-refractivity contribution in [3.05, 3.63) is 30.1 Å². The van der Waals surface area contributed by atoms with Crippen LogP contribution in [-0.4, -0.2) is 49.4 Å². The zero-order chi connectivity index (χ0) is 13.7. The zero-order valence-corrected chi connectivity index (χ0v) is 13.1. The molecule has 1 aromatic heterocycles. The molecule has 0 atom stereocenters. The van der Waals surface area contributed by atoms with E-state index in [-0.39, 0.29) is 0 Å². The van der Waals surface area contributed by atoms with Gasteiger partial charge in [0.15, 0.2) is 0 Å². The summed E-state index contributed by atoms with van der Waals surface area (Å²) in [6.07, 6.45) is 4.22. The molecule has 1 aromatic rings. The molecule has 0 aromatic carbocycles. The van der Waals surface area contributed by atoms with Crippen molar-refractivity contribution in [2.75, 3.05) is 13.1 Å². The normalized spacial score (nSPS) is 18.7. The van der Waals surface area contributed by atoms with Crippen molar-refractivity contribution in [1.29, 1.82) is 0 Å². The Morgan fingerprint density at radius 1 is 1.32 bits per heavy atom. The van der Waals surface area contributed by atoms with E-state index < -0.39 is 0 Å². The van der Waals surface area contributed by atoms with E-state index in [1.54, 1.807) is 6.20 Å². The van der Waals surface area contributed by atoms with Gasteiger partial charge in [0.1, 0.15) is 0 Å². The van der Waals surface area contributed by atoms with Crippen LogP contribution in [-0.2, 0) is 0 Å². The molecule has 0 N–H and O–H groups in total. The van der Waals surface area contributed by atoms with Crippen LogP contribution in [0.25, 0.3) is 0 Å². The topological polar surface area (TPSA) is 40.9 Å². The summed E-state index contributed by atoms with van der Waals surface area (Å²) in [7, 11) is 0. The SMILES string of the molecule is CC(=N/N=C(\[Se])N1CCC(C)CC1)c1ccccn1. The van der Waals surface area contributed by atoms with Gasteiger partial charge >= 0.3 is 122 Å². The van der Waals surface area contributed by atoms with Gasteiger partial charge in [0, 0.05) is 0 Å². The Bertz CT molecular complexity index is 462. The minimum atomic E-state index is 0.822. The van der Waals surface area contributed by atoms with Crippen LogP contribution in [0.15, 0.2) is 34.6 Å². The van der Waals surface area contributed by atoms with Gasteiger partial charge in [-0.05, 0) is 0 Å². The fourth-order valence-electron chi connectivity index (χ4n) is 2.01. The number of hydrogen-bond acceptors (Lipinski definition) is 3. The van der Waals surface area contributed by atoms with Crippen LogP contribution in [0.2, 0.25) is 0 Å². The van der Waals surface area contributed by atoms with Crippen LogP contribution in [0.5, 0.6) is 0 Å². The van der Waals surface area contributed by atoms with Gasteiger partial charge in [-0.2, -0.15) is 0 Å². The molecule has 101 valence electrons. The van der Waals surface area contributed by atoms with Gasteiger partial charge in [-0.15, -0.1) is 0 Å². The Kier molecular flexibility index (Phi) is 5.11. The van der Waals surface area contributed by atoms with Gasteiger partial charge in [-0.1, -0.05) is 0 Å². The molecule has 19 heavy (non-hydrogen) atoms. The molecule has 0 unspecified atom stereocenters. The Morgan fingerprint density at radius 3 is 2.68 bits per heavy atom. The van der Waals surface area contributed by atoms with Crippen molar-refractivity contribution in [2.45, 2.75) is 26.7 Å². The van der Waals surface area contributed by atoms with Crippen LogP contribution in [0.3, 0.4) is 0 Å². The molecule has 4 nitrogen and oxygen atoms in total. The Balaban J connectivity index is 2.01. The van der Waals surface area contributed by atoms with Gasteiger partial charge in [-0.3, -0.25) is 0 Å². The average molecular weight is 322 g/mol. The number of hydrogen-bond donors (Lipinski definition) is 0. The molecule has 1 aliphatic heterocycles. The maximum absolute atomic E-state index is 4.28. The first kappa shape index (κ1) is 14.2. The number of likely N-dealkylation sites (tertiary alicyclic amines) is 1. The molecular formula is C14H19N4Se. The van der Waals surface area contributed by atoms with Crippen molar-refractivity contribution in [3.63, 3.8) is 0 Å². The first-order valence-electron chi connectivity index (χ1n) is 6.62. The Morgan fingerprint density at radius 2 is 2.05 bits per heavy atom. The van der Waals surface area contributed by atoms with Gasteiger partial charge in [0.25, 0.3) is 0 Å². The van der Waals surface area contributed by atoms with E-state index in [2.05, 4.69) is 43.0 Å². The number of rotatable bonds is 2. The van der Waals surface area contributed by atoms with Crippen molar-refractivity contribution in [3.8, 4) is 0 Å². The second-order valence-electron chi connectivity index (χ2n) is 4.95. The maximum atomic E-state index is 4.28. The average Bonchev–Trinajstić information content (AvgIpc) is 2.46. The Labute approximate surface area is 122 Å². The first-order valence-corrected chi connectivity index (χ1v) is 7.48. The number of amidine groups is 1. The monoisotopic (exact) mass is 323 g/mol. The van der Waals surface area contributed by atoms with Crippen molar-refractivity contribution < 1.29 is 0 Å². The van der Waals surface area contributed by atoms with E-state index in [0.29, 0.717) is 0 Å². The van der Waals surface area contributed by atoms with E-state index >= 15 is 0 Å². The second kappa shape index (κ2) is 6.83. The Hall–Kier alpha value is -1.19. The summed E-state index contributed by atoms with van der Waals surface area (Å²) in [5.74, 6) is 0.822. The standard InChI is InChI=1S/C14H19N4Se/c1-11-6-9-18(10-7-11)14(19)17-16-12(2)13-5-3-4-8-15-13/h3-5,8,11H,6-7,9-10H2,1-2H3/b16-12?,17-14-. The number of aromatic nitrogens is 1. The van der Waals surface area contributed by atoms with Crippen molar-refractivity contribution in [2.24, 2.45) is 16.1 Å². The summed E-state index contributed by atoms with van der Waals surface area (Å²) in [4.78, 5) is 6.51. The van der Waals surface area contributed by atoms with Crippen LogP contribution in [0, 0.1) is 5.92 Å². The molecule has 0 aliphatic carbocycles. The molecule has 2 rings (SSSR count). The number of pyridine rings is 1. The summed E-state index contributed by atoms with van der Waals surface area (Å²) < 4.78 is 0.877. The first-order chi connectivity index (χ1) is 9.16. The zero-order valence-electron chi connectivity index (χ0n) is 11.4. The van der Waals surface area contributed by atoms with E-state index in [4.69, 9.17) is 0 Å². The van der Waals surface area contributed by atoms with Gasteiger partial charge in [0.2, 0.25) is 0 Å². The third kappa shape index (κ3) is 4.15. The summed E-state index contributed by atoms with van der Waals surface area (Å²) in [6, 6.07) is 5.79. The fourth-order valence-corrected chi connectivity index (χ4v) is 2.48. The van der Waals surface area contributed by atoms with Crippen molar-refractivity contribution >= 4 is 26.5 Å². The van der Waals surface area contributed by atoms with Crippen LogP contribution in [0.1, 0.15) is 32.4 Å². The predicted octanol–water partition coefficient (Wildman–Crippen LogP) is 2.06. The van der Waals surface area contributed by atoms with Crippen molar-refractivity contribution in [1.82, 2.24) is 9.88 Å². The molecular weight excluding hydrogens is 303 g/mol. The minimum absolute atomic E-state index is 0.822. The summed E-state index contributed by atoms with van der Waals surface area (Å²) in [5.41, 5.74) is 1.70. The molecule has 0 saturated carbocycles. The summed E-state index contributed by atoms with van der Waals surface area (Å²) in [6.45, 7) is 6.35. The van der Waals surface area contributed by atoms with Gasteiger partial charge in [0.05, 0.1) is 0 Å². The van der Waals surface area contributed by atoms with E-state index in [9.17, 15) is 0 Å². The van der Waals surface area contributed by atoms with Gasteiger partial charge < -0.3 is 0 Å².